The molecular weight excluding hydrogens is 306 g/mol. The van der Waals surface area contributed by atoms with Crippen molar-refractivity contribution in [3.05, 3.63) is 28.8 Å². The summed E-state index contributed by atoms with van der Waals surface area (Å²) in [6, 6.07) is 0. The predicted octanol–water partition coefficient (Wildman–Crippen LogP) is 1.77. The normalized spacial score (nSPS) is 28.3. The van der Waals surface area contributed by atoms with Crippen LogP contribution in [0.4, 0.5) is 0 Å². The fourth-order valence-corrected chi connectivity index (χ4v) is 4.97. The van der Waals surface area contributed by atoms with Crippen LogP contribution in [0, 0.1) is 5.92 Å². The van der Waals surface area contributed by atoms with E-state index >= 15 is 0 Å². The Morgan fingerprint density at radius 3 is 3.08 bits per heavy atom. The third-order valence-electron chi connectivity index (χ3n) is 6.02. The summed E-state index contributed by atoms with van der Waals surface area (Å²) in [5, 5.41) is 23.5. The molecule has 1 unspecified atom stereocenters. The molecule has 2 aliphatic rings. The lowest BCUT2D eigenvalue weighted by atomic mass is 9.57. The molecule has 3 atom stereocenters. The first-order chi connectivity index (χ1) is 11.6. The van der Waals surface area contributed by atoms with Gasteiger partial charge in [0.25, 0.3) is 0 Å². The van der Waals surface area contributed by atoms with Gasteiger partial charge in [-0.25, -0.2) is 0 Å². The van der Waals surface area contributed by atoms with E-state index in [0.717, 1.165) is 30.7 Å². The second-order valence-electron chi connectivity index (χ2n) is 7.28. The Kier molecular flexibility index (Phi) is 2.62. The van der Waals surface area contributed by atoms with Crippen molar-refractivity contribution in [2.24, 2.45) is 13.0 Å². The number of rotatable bonds is 1. The maximum absolute atomic E-state index is 5.53. The summed E-state index contributed by atoms with van der Waals surface area (Å²) < 4.78 is 7.43. The SMILES string of the molecule is C[C@@H]1c2oncc2CC2(C)c3nn(C)c(-c4nn[nH]n4)c3CC[C@@H]12. The molecule has 0 spiro atoms. The van der Waals surface area contributed by atoms with Gasteiger partial charge in [-0.3, -0.25) is 4.68 Å². The van der Waals surface area contributed by atoms with Crippen LogP contribution >= 0.6 is 0 Å². The molecule has 0 aliphatic heterocycles. The van der Waals surface area contributed by atoms with Crippen LogP contribution in [0.2, 0.25) is 0 Å². The minimum absolute atomic E-state index is 0.0225. The number of hydrogen-bond acceptors (Lipinski definition) is 6. The molecule has 1 N–H and O–H groups in total. The summed E-state index contributed by atoms with van der Waals surface area (Å²) >= 11 is 0. The molecule has 0 amide bonds. The zero-order valence-electron chi connectivity index (χ0n) is 13.9. The first-order valence-corrected chi connectivity index (χ1v) is 8.33. The van der Waals surface area contributed by atoms with Crippen molar-refractivity contribution in [3.63, 3.8) is 0 Å². The molecule has 0 saturated heterocycles. The largest absolute Gasteiger partial charge is 0.361 e. The molecule has 8 nitrogen and oxygen atoms in total. The van der Waals surface area contributed by atoms with Gasteiger partial charge in [0, 0.05) is 29.5 Å². The van der Waals surface area contributed by atoms with Crippen LogP contribution in [-0.4, -0.2) is 35.6 Å². The van der Waals surface area contributed by atoms with Gasteiger partial charge < -0.3 is 4.52 Å². The van der Waals surface area contributed by atoms with E-state index in [2.05, 4.69) is 39.6 Å². The van der Waals surface area contributed by atoms with E-state index in [-0.39, 0.29) is 5.41 Å². The first-order valence-electron chi connectivity index (χ1n) is 8.33. The van der Waals surface area contributed by atoms with Crippen LogP contribution < -0.4 is 0 Å². The minimum Gasteiger partial charge on any atom is -0.361 e. The van der Waals surface area contributed by atoms with E-state index in [1.54, 1.807) is 0 Å². The van der Waals surface area contributed by atoms with Crippen molar-refractivity contribution in [2.75, 3.05) is 0 Å². The van der Waals surface area contributed by atoms with Gasteiger partial charge in [0.1, 0.15) is 11.5 Å². The number of nitrogens with one attached hydrogen (secondary N) is 1. The molecule has 3 heterocycles. The van der Waals surface area contributed by atoms with E-state index in [1.165, 1.54) is 16.8 Å². The van der Waals surface area contributed by atoms with Crippen molar-refractivity contribution in [3.8, 4) is 11.5 Å². The highest BCUT2D eigenvalue weighted by molar-refractivity contribution is 5.59. The highest BCUT2D eigenvalue weighted by Crippen LogP contribution is 2.54. The summed E-state index contributed by atoms with van der Waals surface area (Å²) in [6.07, 6.45) is 4.85. The molecule has 24 heavy (non-hydrogen) atoms. The molecule has 0 radical (unpaired) electrons. The number of fused-ring (bicyclic) bond motifs is 4. The zero-order chi connectivity index (χ0) is 16.5. The zero-order valence-corrected chi connectivity index (χ0v) is 13.9. The van der Waals surface area contributed by atoms with Gasteiger partial charge in [0.15, 0.2) is 0 Å². The molecule has 8 heteroatoms. The first kappa shape index (κ1) is 13.9. The number of tetrazole rings is 1. The maximum Gasteiger partial charge on any atom is 0.222 e. The monoisotopic (exact) mass is 325 g/mol. The highest BCUT2D eigenvalue weighted by atomic mass is 16.5. The smallest absolute Gasteiger partial charge is 0.222 e. The van der Waals surface area contributed by atoms with Crippen molar-refractivity contribution < 1.29 is 4.52 Å². The van der Waals surface area contributed by atoms with Gasteiger partial charge in [-0.2, -0.15) is 10.3 Å². The Hall–Kier alpha value is -2.51. The van der Waals surface area contributed by atoms with Crippen LogP contribution in [0.1, 0.15) is 48.8 Å². The Balaban J connectivity index is 1.70. The molecule has 0 bridgehead atoms. The second-order valence-corrected chi connectivity index (χ2v) is 7.28. The average molecular weight is 325 g/mol. The van der Waals surface area contributed by atoms with Crippen LogP contribution in [-0.2, 0) is 25.3 Å². The fraction of sp³-hybridized carbons (Fsp3) is 0.562. The van der Waals surface area contributed by atoms with Crippen molar-refractivity contribution in [2.45, 2.75) is 44.4 Å². The Labute approximate surface area is 138 Å². The van der Waals surface area contributed by atoms with E-state index in [0.29, 0.717) is 17.7 Å². The third kappa shape index (κ3) is 1.60. The van der Waals surface area contributed by atoms with Crippen LogP contribution in [0.5, 0.6) is 0 Å². The molecular formula is C16H19N7O. The number of aryl methyl sites for hydroxylation is 1. The number of hydrogen-bond donors (Lipinski definition) is 1. The van der Waals surface area contributed by atoms with Crippen LogP contribution in [0.25, 0.3) is 11.5 Å². The van der Waals surface area contributed by atoms with Crippen LogP contribution in [0.3, 0.4) is 0 Å². The van der Waals surface area contributed by atoms with Gasteiger partial charge in [0.05, 0.1) is 11.9 Å². The lowest BCUT2D eigenvalue weighted by Gasteiger charge is -2.46. The third-order valence-corrected chi connectivity index (χ3v) is 6.02. The Morgan fingerprint density at radius 1 is 1.42 bits per heavy atom. The predicted molar refractivity (Wildman–Crippen MR) is 84.2 cm³/mol. The lowest BCUT2D eigenvalue weighted by molar-refractivity contribution is 0.172. The van der Waals surface area contributed by atoms with Crippen molar-refractivity contribution in [1.29, 1.82) is 0 Å². The summed E-state index contributed by atoms with van der Waals surface area (Å²) in [4.78, 5) is 0. The second kappa shape index (κ2) is 4.52. The number of H-pyrrole nitrogens is 1. The molecule has 3 aromatic heterocycles. The molecule has 2 aliphatic carbocycles. The summed E-state index contributed by atoms with van der Waals surface area (Å²) in [6.45, 7) is 4.58. The highest BCUT2D eigenvalue weighted by Gasteiger charge is 2.51. The topological polar surface area (TPSA) is 98.3 Å². The molecule has 0 saturated carbocycles. The van der Waals surface area contributed by atoms with Crippen LogP contribution in [0.15, 0.2) is 10.7 Å². The fourth-order valence-electron chi connectivity index (χ4n) is 4.97. The molecule has 0 fully saturated rings. The van der Waals surface area contributed by atoms with E-state index in [4.69, 9.17) is 9.62 Å². The Bertz CT molecular complexity index is 909. The van der Waals surface area contributed by atoms with Gasteiger partial charge in [-0.05, 0) is 30.4 Å². The molecule has 124 valence electrons. The van der Waals surface area contributed by atoms with Gasteiger partial charge in [-0.15, -0.1) is 10.2 Å². The molecule has 3 aromatic rings. The summed E-state index contributed by atoms with van der Waals surface area (Å²) in [7, 11) is 1.96. The summed E-state index contributed by atoms with van der Waals surface area (Å²) in [5.41, 5.74) is 4.58. The van der Waals surface area contributed by atoms with Crippen molar-refractivity contribution >= 4 is 0 Å². The standard InChI is InChI=1S/C16H19N7O/c1-8-11-5-4-10-12(15-18-21-22-19-15)23(3)20-14(10)16(11,2)6-9-7-17-24-13(8)9/h7-8,11H,4-6H2,1-3H3,(H,18,19,21,22)/t8-,11-,16?/m0/s1. The average Bonchev–Trinajstić information content (AvgIpc) is 3.25. The number of nitrogens with zero attached hydrogens (tertiary/aromatic N) is 6. The van der Waals surface area contributed by atoms with E-state index in [1.807, 2.05) is 17.9 Å². The maximum atomic E-state index is 5.53. The minimum atomic E-state index is -0.0225. The van der Waals surface area contributed by atoms with Gasteiger partial charge >= 0.3 is 0 Å². The van der Waals surface area contributed by atoms with Gasteiger partial charge in [-0.1, -0.05) is 19.0 Å². The molecule has 5 rings (SSSR count). The summed E-state index contributed by atoms with van der Waals surface area (Å²) in [5.74, 6) is 2.52. The van der Waals surface area contributed by atoms with Gasteiger partial charge in [0.2, 0.25) is 5.82 Å². The van der Waals surface area contributed by atoms with Crippen molar-refractivity contribution in [1.82, 2.24) is 35.6 Å². The van der Waals surface area contributed by atoms with E-state index in [9.17, 15) is 0 Å². The van der Waals surface area contributed by atoms with E-state index < -0.39 is 0 Å². The number of aromatic nitrogens is 7. The Morgan fingerprint density at radius 2 is 2.29 bits per heavy atom. The molecule has 0 aromatic carbocycles. The lowest BCUT2D eigenvalue weighted by Crippen LogP contribution is -2.44. The number of aromatic amines is 1. The quantitative estimate of drug-likeness (QED) is 0.732.